The Morgan fingerprint density at radius 3 is 2.56 bits per heavy atom. The van der Waals surface area contributed by atoms with E-state index in [1.165, 1.54) is 6.92 Å². The number of hydrogen-bond acceptors (Lipinski definition) is 3. The standard InChI is InChI=1S/C5H8N2O2/c1-5(7,3-6)2-4(8)9/h2,7H2,1H3,(H,8,9). The lowest BCUT2D eigenvalue weighted by Gasteiger charge is -2.09. The Balaban J connectivity index is 3.91. The molecule has 0 saturated carbocycles. The molecule has 1 unspecified atom stereocenters. The molecule has 0 spiro atoms. The Hall–Kier alpha value is -1.08. The molecule has 1 atom stereocenters. The molecule has 9 heavy (non-hydrogen) atoms. The molecule has 0 aromatic carbocycles. The van der Waals surface area contributed by atoms with E-state index >= 15 is 0 Å². The van der Waals surface area contributed by atoms with Crippen LogP contribution in [0.2, 0.25) is 0 Å². The predicted molar refractivity (Wildman–Crippen MR) is 30.5 cm³/mol. The lowest BCUT2D eigenvalue weighted by atomic mass is 10.0. The van der Waals surface area contributed by atoms with E-state index in [1.54, 1.807) is 6.07 Å². The van der Waals surface area contributed by atoms with E-state index in [2.05, 4.69) is 0 Å². The maximum Gasteiger partial charge on any atom is 0.306 e. The van der Waals surface area contributed by atoms with Gasteiger partial charge in [-0.05, 0) is 6.92 Å². The maximum atomic E-state index is 9.94. The Morgan fingerprint density at radius 2 is 2.44 bits per heavy atom. The molecule has 0 amide bonds. The first-order valence-corrected chi connectivity index (χ1v) is 2.40. The molecule has 0 aromatic rings. The highest BCUT2D eigenvalue weighted by Gasteiger charge is 2.20. The first kappa shape index (κ1) is 7.92. The lowest BCUT2D eigenvalue weighted by Crippen LogP contribution is -2.36. The maximum absolute atomic E-state index is 9.94. The third-order valence-electron chi connectivity index (χ3n) is 0.774. The van der Waals surface area contributed by atoms with Crippen molar-refractivity contribution in [2.24, 2.45) is 5.73 Å². The number of carbonyl (C=O) groups is 1. The highest BCUT2D eigenvalue weighted by molar-refractivity contribution is 5.68. The molecule has 4 heteroatoms. The van der Waals surface area contributed by atoms with Gasteiger partial charge in [0.2, 0.25) is 0 Å². The second-order valence-electron chi connectivity index (χ2n) is 2.10. The van der Waals surface area contributed by atoms with Gasteiger partial charge >= 0.3 is 5.97 Å². The van der Waals surface area contributed by atoms with E-state index in [0.717, 1.165) is 0 Å². The zero-order chi connectivity index (χ0) is 7.49. The van der Waals surface area contributed by atoms with E-state index < -0.39 is 11.5 Å². The minimum Gasteiger partial charge on any atom is -0.481 e. The van der Waals surface area contributed by atoms with Crippen LogP contribution in [0, 0.1) is 11.3 Å². The number of carboxylic acid groups (broad SMARTS) is 1. The molecule has 0 aliphatic heterocycles. The number of nitrogens with two attached hydrogens (primary N) is 1. The van der Waals surface area contributed by atoms with Gasteiger partial charge in [-0.15, -0.1) is 0 Å². The molecule has 0 heterocycles. The summed E-state index contributed by atoms with van der Waals surface area (Å²) >= 11 is 0. The van der Waals surface area contributed by atoms with Gasteiger partial charge in [0.25, 0.3) is 0 Å². The second kappa shape index (κ2) is 2.46. The monoisotopic (exact) mass is 128 g/mol. The summed E-state index contributed by atoms with van der Waals surface area (Å²) in [6.45, 7) is 1.38. The molecule has 0 aromatic heterocycles. The summed E-state index contributed by atoms with van der Waals surface area (Å²) in [5.74, 6) is -1.05. The van der Waals surface area contributed by atoms with E-state index in [-0.39, 0.29) is 6.42 Å². The molecule has 0 fully saturated rings. The van der Waals surface area contributed by atoms with Crippen molar-refractivity contribution in [3.8, 4) is 6.07 Å². The summed E-state index contributed by atoms with van der Waals surface area (Å²) in [7, 11) is 0. The van der Waals surface area contributed by atoms with Crippen LogP contribution in [0.25, 0.3) is 0 Å². The van der Waals surface area contributed by atoms with Crippen molar-refractivity contribution in [3.05, 3.63) is 0 Å². The molecular formula is C5H8N2O2. The van der Waals surface area contributed by atoms with E-state index in [4.69, 9.17) is 16.1 Å². The van der Waals surface area contributed by atoms with Crippen LogP contribution in [0.4, 0.5) is 0 Å². The van der Waals surface area contributed by atoms with Crippen molar-refractivity contribution in [1.82, 2.24) is 0 Å². The fourth-order valence-electron chi connectivity index (χ4n) is 0.354. The number of rotatable bonds is 2. The minimum absolute atomic E-state index is 0.316. The van der Waals surface area contributed by atoms with Gasteiger partial charge < -0.3 is 10.8 Å². The predicted octanol–water partition coefficient (Wildman–Crippen LogP) is -0.298. The fourth-order valence-corrected chi connectivity index (χ4v) is 0.354. The quantitative estimate of drug-likeness (QED) is 0.534. The SMILES string of the molecule is CC(N)(C#N)CC(=O)O. The van der Waals surface area contributed by atoms with E-state index in [9.17, 15) is 4.79 Å². The van der Waals surface area contributed by atoms with Crippen molar-refractivity contribution in [3.63, 3.8) is 0 Å². The van der Waals surface area contributed by atoms with Crippen LogP contribution in [0.3, 0.4) is 0 Å². The number of nitrogens with zero attached hydrogens (tertiary/aromatic N) is 1. The molecule has 0 rings (SSSR count). The van der Waals surface area contributed by atoms with Gasteiger partial charge in [0, 0.05) is 0 Å². The fraction of sp³-hybridized carbons (Fsp3) is 0.600. The second-order valence-corrected chi connectivity index (χ2v) is 2.10. The van der Waals surface area contributed by atoms with Gasteiger partial charge in [0.1, 0.15) is 5.54 Å². The van der Waals surface area contributed by atoms with Gasteiger partial charge in [-0.25, -0.2) is 0 Å². The Morgan fingerprint density at radius 1 is 2.00 bits per heavy atom. The number of nitriles is 1. The molecule has 3 N–H and O–H groups in total. The zero-order valence-corrected chi connectivity index (χ0v) is 5.09. The molecule has 0 aliphatic rings. The molecule has 0 saturated heterocycles. The van der Waals surface area contributed by atoms with Crippen LogP contribution in [-0.4, -0.2) is 16.6 Å². The van der Waals surface area contributed by atoms with Gasteiger partial charge in [-0.2, -0.15) is 5.26 Å². The Labute approximate surface area is 52.9 Å². The molecule has 50 valence electrons. The zero-order valence-electron chi connectivity index (χ0n) is 5.09. The topological polar surface area (TPSA) is 87.1 Å². The van der Waals surface area contributed by atoms with Crippen LogP contribution >= 0.6 is 0 Å². The molecule has 0 aliphatic carbocycles. The van der Waals surface area contributed by atoms with Crippen LogP contribution in [0.5, 0.6) is 0 Å². The van der Waals surface area contributed by atoms with Gasteiger partial charge in [-0.1, -0.05) is 0 Å². The lowest BCUT2D eigenvalue weighted by molar-refractivity contribution is -0.137. The summed E-state index contributed by atoms with van der Waals surface area (Å²) < 4.78 is 0. The molecule has 4 nitrogen and oxygen atoms in total. The van der Waals surface area contributed by atoms with Crippen LogP contribution in [0.1, 0.15) is 13.3 Å². The van der Waals surface area contributed by atoms with Crippen molar-refractivity contribution < 1.29 is 9.90 Å². The number of carboxylic acids is 1. The Bertz CT molecular complexity index is 157. The van der Waals surface area contributed by atoms with E-state index in [1.807, 2.05) is 0 Å². The van der Waals surface area contributed by atoms with Crippen LogP contribution in [0.15, 0.2) is 0 Å². The number of aliphatic carboxylic acids is 1. The van der Waals surface area contributed by atoms with Crippen molar-refractivity contribution >= 4 is 5.97 Å². The first-order chi connectivity index (χ1) is 3.98. The highest BCUT2D eigenvalue weighted by atomic mass is 16.4. The smallest absolute Gasteiger partial charge is 0.306 e. The summed E-state index contributed by atoms with van der Waals surface area (Å²) in [6, 6.07) is 1.67. The Kier molecular flexibility index (Phi) is 2.17. The van der Waals surface area contributed by atoms with Gasteiger partial charge in [0.05, 0.1) is 12.5 Å². The van der Waals surface area contributed by atoms with Crippen molar-refractivity contribution in [2.45, 2.75) is 18.9 Å². The van der Waals surface area contributed by atoms with Crippen LogP contribution < -0.4 is 5.73 Å². The minimum atomic E-state index is -1.23. The average molecular weight is 128 g/mol. The summed E-state index contributed by atoms with van der Waals surface area (Å²) in [5.41, 5.74) is 3.94. The summed E-state index contributed by atoms with van der Waals surface area (Å²) in [5, 5.41) is 16.4. The molecule has 0 radical (unpaired) electrons. The van der Waals surface area contributed by atoms with Crippen molar-refractivity contribution in [2.75, 3.05) is 0 Å². The summed E-state index contributed by atoms with van der Waals surface area (Å²) in [6.07, 6.45) is -0.316. The normalized spacial score (nSPS) is 15.7. The highest BCUT2D eigenvalue weighted by Crippen LogP contribution is 2.01. The number of hydrogen-bond donors (Lipinski definition) is 2. The van der Waals surface area contributed by atoms with Crippen LogP contribution in [-0.2, 0) is 4.79 Å². The third kappa shape index (κ3) is 3.50. The molecular weight excluding hydrogens is 120 g/mol. The molecule has 0 bridgehead atoms. The largest absolute Gasteiger partial charge is 0.481 e. The van der Waals surface area contributed by atoms with E-state index in [0.29, 0.717) is 0 Å². The third-order valence-corrected chi connectivity index (χ3v) is 0.774. The van der Waals surface area contributed by atoms with Crippen molar-refractivity contribution in [1.29, 1.82) is 5.26 Å². The summed E-state index contributed by atoms with van der Waals surface area (Å²) in [4.78, 5) is 9.94. The van der Waals surface area contributed by atoms with Gasteiger partial charge in [-0.3, -0.25) is 4.79 Å². The first-order valence-electron chi connectivity index (χ1n) is 2.40. The van der Waals surface area contributed by atoms with Gasteiger partial charge in [0.15, 0.2) is 0 Å². The average Bonchev–Trinajstić information content (AvgIpc) is 1.63.